The third-order valence-electron chi connectivity index (χ3n) is 2.45. The smallest absolute Gasteiger partial charge is 0.151 e. The number of furan rings is 2. The molecule has 1 aromatic carbocycles. The molecule has 2 nitrogen and oxygen atoms in total. The Labute approximate surface area is 102 Å². The molecule has 0 saturated heterocycles. The number of benzene rings is 1. The predicted molar refractivity (Wildman–Crippen MR) is 66.3 cm³/mol. The number of fused-ring (bicyclic) bond motifs is 3. The number of rotatable bonds is 1. The van der Waals surface area contributed by atoms with Crippen LogP contribution >= 0.6 is 31.9 Å². The molecular weight excluding hydrogens is 324 g/mol. The van der Waals surface area contributed by atoms with Crippen LogP contribution in [-0.4, -0.2) is 0 Å². The van der Waals surface area contributed by atoms with E-state index in [2.05, 4.69) is 31.9 Å². The lowest BCUT2D eigenvalue weighted by molar-refractivity contribution is 0.609. The first-order valence-corrected chi connectivity index (χ1v) is 6.34. The average Bonchev–Trinajstić information content (AvgIpc) is 2.81. The summed E-state index contributed by atoms with van der Waals surface area (Å²) in [6.07, 6.45) is 3.45. The molecule has 0 amide bonds. The first-order chi connectivity index (χ1) is 7.31. The zero-order chi connectivity index (χ0) is 10.4. The average molecular weight is 330 g/mol. The summed E-state index contributed by atoms with van der Waals surface area (Å²) < 4.78 is 11.9. The Bertz CT molecular complexity index is 636. The highest BCUT2D eigenvalue weighted by molar-refractivity contribution is 9.10. The summed E-state index contributed by atoms with van der Waals surface area (Å²) in [6.45, 7) is 0. The molecule has 0 unspecified atom stereocenters. The summed E-state index contributed by atoms with van der Waals surface area (Å²) in [5, 5.41) is 2.91. The molecule has 0 fully saturated rings. The van der Waals surface area contributed by atoms with Crippen LogP contribution in [0.25, 0.3) is 21.9 Å². The Morgan fingerprint density at radius 3 is 2.80 bits per heavy atom. The normalized spacial score (nSPS) is 11.6. The molecule has 0 N–H and O–H groups in total. The van der Waals surface area contributed by atoms with Gasteiger partial charge < -0.3 is 8.83 Å². The largest absolute Gasteiger partial charge is 0.463 e. The highest BCUT2D eigenvalue weighted by atomic mass is 79.9. The third-order valence-corrected chi connectivity index (χ3v) is 3.64. The molecule has 0 spiro atoms. The van der Waals surface area contributed by atoms with Crippen molar-refractivity contribution in [3.63, 3.8) is 0 Å². The predicted octanol–water partition coefficient (Wildman–Crippen LogP) is 4.84. The molecule has 0 atom stereocenters. The summed E-state index contributed by atoms with van der Waals surface area (Å²) in [4.78, 5) is 0. The van der Waals surface area contributed by atoms with Crippen LogP contribution in [0.15, 0.2) is 38.0 Å². The Balaban J connectivity index is 2.56. The molecule has 3 rings (SSSR count). The van der Waals surface area contributed by atoms with Gasteiger partial charge in [-0.25, -0.2) is 0 Å². The molecule has 0 radical (unpaired) electrons. The summed E-state index contributed by atoms with van der Waals surface area (Å²) in [5.74, 6) is 0. The zero-order valence-electron chi connectivity index (χ0n) is 7.59. The number of halogens is 2. The molecule has 3 aromatic rings. The SMILES string of the molecule is BrCc1coc2c1cc(Br)c1occc12. The maximum absolute atomic E-state index is 5.56. The van der Waals surface area contributed by atoms with Gasteiger partial charge in [-0.3, -0.25) is 0 Å². The quantitative estimate of drug-likeness (QED) is 0.597. The second kappa shape index (κ2) is 3.39. The summed E-state index contributed by atoms with van der Waals surface area (Å²) in [7, 11) is 0. The fourth-order valence-corrected chi connectivity index (χ4v) is 2.71. The first kappa shape index (κ1) is 9.48. The molecule has 2 heterocycles. The topological polar surface area (TPSA) is 26.3 Å². The van der Waals surface area contributed by atoms with Crippen LogP contribution in [0.3, 0.4) is 0 Å². The second-order valence-electron chi connectivity index (χ2n) is 3.29. The first-order valence-electron chi connectivity index (χ1n) is 4.43. The number of hydrogen-bond donors (Lipinski definition) is 0. The molecule has 0 bridgehead atoms. The van der Waals surface area contributed by atoms with Crippen molar-refractivity contribution in [3.8, 4) is 0 Å². The molecule has 0 aliphatic rings. The maximum Gasteiger partial charge on any atom is 0.151 e. The minimum Gasteiger partial charge on any atom is -0.463 e. The van der Waals surface area contributed by atoms with E-state index in [9.17, 15) is 0 Å². The molecule has 0 aliphatic heterocycles. The standard InChI is InChI=1S/C11H6Br2O2/c12-4-6-5-15-10-7-1-2-14-11(7)9(13)3-8(6)10/h1-3,5H,4H2. The lowest BCUT2D eigenvalue weighted by Crippen LogP contribution is -1.74. The van der Waals surface area contributed by atoms with Crippen LogP contribution in [0.2, 0.25) is 0 Å². The Kier molecular flexibility index (Phi) is 2.14. The summed E-state index contributed by atoms with van der Waals surface area (Å²) in [6, 6.07) is 3.95. The van der Waals surface area contributed by atoms with Gasteiger partial charge in [0.1, 0.15) is 5.58 Å². The van der Waals surface area contributed by atoms with Crippen molar-refractivity contribution in [2.45, 2.75) is 5.33 Å². The van der Waals surface area contributed by atoms with Gasteiger partial charge in [-0.2, -0.15) is 0 Å². The lowest BCUT2D eigenvalue weighted by Gasteiger charge is -1.95. The minimum absolute atomic E-state index is 0.787. The highest BCUT2D eigenvalue weighted by Crippen LogP contribution is 2.35. The van der Waals surface area contributed by atoms with E-state index in [-0.39, 0.29) is 0 Å². The molecule has 76 valence electrons. The van der Waals surface area contributed by atoms with Gasteiger partial charge in [0.2, 0.25) is 0 Å². The second-order valence-corrected chi connectivity index (χ2v) is 4.71. The lowest BCUT2D eigenvalue weighted by atomic mass is 10.1. The van der Waals surface area contributed by atoms with Crippen LogP contribution < -0.4 is 0 Å². The zero-order valence-corrected chi connectivity index (χ0v) is 10.8. The highest BCUT2D eigenvalue weighted by Gasteiger charge is 2.13. The van der Waals surface area contributed by atoms with Crippen LogP contribution in [0.1, 0.15) is 5.56 Å². The van der Waals surface area contributed by atoms with Gasteiger partial charge in [0.15, 0.2) is 5.58 Å². The summed E-state index contributed by atoms with van der Waals surface area (Å²) >= 11 is 6.93. The Morgan fingerprint density at radius 1 is 1.13 bits per heavy atom. The number of alkyl halides is 1. The number of hydrogen-bond acceptors (Lipinski definition) is 2. The molecule has 0 saturated carbocycles. The van der Waals surface area contributed by atoms with E-state index in [0.717, 1.165) is 37.3 Å². The monoisotopic (exact) mass is 328 g/mol. The van der Waals surface area contributed by atoms with Crippen LogP contribution in [0.5, 0.6) is 0 Å². The van der Waals surface area contributed by atoms with Gasteiger partial charge in [-0.05, 0) is 28.1 Å². The fourth-order valence-electron chi connectivity index (χ4n) is 1.74. The van der Waals surface area contributed by atoms with E-state index < -0.39 is 0 Å². The fraction of sp³-hybridized carbons (Fsp3) is 0.0909. The van der Waals surface area contributed by atoms with Crippen LogP contribution in [0, 0.1) is 0 Å². The van der Waals surface area contributed by atoms with Crippen LogP contribution in [-0.2, 0) is 5.33 Å². The molecule has 2 aromatic heterocycles. The van der Waals surface area contributed by atoms with E-state index >= 15 is 0 Å². The van der Waals surface area contributed by atoms with Gasteiger partial charge in [-0.1, -0.05) is 15.9 Å². The van der Waals surface area contributed by atoms with Gasteiger partial charge in [-0.15, -0.1) is 0 Å². The van der Waals surface area contributed by atoms with Crippen LogP contribution in [0.4, 0.5) is 0 Å². The van der Waals surface area contributed by atoms with Crippen molar-refractivity contribution in [1.82, 2.24) is 0 Å². The molecule has 0 aliphatic carbocycles. The van der Waals surface area contributed by atoms with Crippen molar-refractivity contribution in [2.24, 2.45) is 0 Å². The van der Waals surface area contributed by atoms with Crippen molar-refractivity contribution < 1.29 is 8.83 Å². The Morgan fingerprint density at radius 2 is 2.00 bits per heavy atom. The molecule has 15 heavy (non-hydrogen) atoms. The maximum atomic E-state index is 5.56. The minimum atomic E-state index is 0.787. The third kappa shape index (κ3) is 1.28. The van der Waals surface area contributed by atoms with Gasteiger partial charge in [0.05, 0.1) is 22.4 Å². The van der Waals surface area contributed by atoms with E-state index in [0.29, 0.717) is 0 Å². The van der Waals surface area contributed by atoms with Gasteiger partial charge >= 0.3 is 0 Å². The van der Waals surface area contributed by atoms with Gasteiger partial charge in [0.25, 0.3) is 0 Å². The Hall–Kier alpha value is -0.740. The van der Waals surface area contributed by atoms with E-state index in [4.69, 9.17) is 8.83 Å². The molecule has 4 heteroatoms. The summed E-state index contributed by atoms with van der Waals surface area (Å²) in [5.41, 5.74) is 2.86. The van der Waals surface area contributed by atoms with Crippen molar-refractivity contribution in [1.29, 1.82) is 0 Å². The van der Waals surface area contributed by atoms with E-state index in [1.807, 2.05) is 12.1 Å². The van der Waals surface area contributed by atoms with Gasteiger partial charge in [0, 0.05) is 16.3 Å². The van der Waals surface area contributed by atoms with Crippen molar-refractivity contribution in [3.05, 3.63) is 34.7 Å². The molecular formula is C11H6Br2O2. The van der Waals surface area contributed by atoms with Crippen molar-refractivity contribution in [2.75, 3.05) is 0 Å². The van der Waals surface area contributed by atoms with Crippen molar-refractivity contribution >= 4 is 53.8 Å². The van der Waals surface area contributed by atoms with E-state index in [1.54, 1.807) is 12.5 Å². The van der Waals surface area contributed by atoms with E-state index in [1.165, 1.54) is 0 Å².